The topological polar surface area (TPSA) is 77.8 Å². The molecule has 1 rings (SSSR count). The fourth-order valence-electron chi connectivity index (χ4n) is 3.78. The Labute approximate surface area is 153 Å². The Balaban J connectivity index is 2.37. The first-order chi connectivity index (χ1) is 11.9. The minimum atomic E-state index is -0.720. The maximum Gasteiger partial charge on any atom is 0.303 e. The van der Waals surface area contributed by atoms with Gasteiger partial charge >= 0.3 is 5.97 Å². The molecule has 0 aromatic rings. The lowest BCUT2D eigenvalue weighted by Gasteiger charge is -2.23. The van der Waals surface area contributed by atoms with Crippen molar-refractivity contribution in [3.8, 4) is 0 Å². The lowest BCUT2D eigenvalue weighted by Crippen LogP contribution is -2.23. The van der Waals surface area contributed by atoms with E-state index in [9.17, 15) is 15.0 Å². The van der Waals surface area contributed by atoms with Gasteiger partial charge in [-0.3, -0.25) is 4.79 Å². The van der Waals surface area contributed by atoms with Crippen LogP contribution < -0.4 is 0 Å². The molecule has 25 heavy (non-hydrogen) atoms. The molecule has 1 fully saturated rings. The first-order valence-electron chi connectivity index (χ1n) is 10.2. The fraction of sp³-hybridized carbons (Fsp3) is 0.857. The van der Waals surface area contributed by atoms with Gasteiger partial charge in [-0.2, -0.15) is 0 Å². The van der Waals surface area contributed by atoms with Gasteiger partial charge in [0.1, 0.15) is 0 Å². The van der Waals surface area contributed by atoms with Gasteiger partial charge < -0.3 is 15.3 Å². The monoisotopic (exact) mass is 354 g/mol. The normalized spacial score (nSPS) is 24.6. The number of carboxylic acids is 1. The van der Waals surface area contributed by atoms with Crippen LogP contribution in [-0.4, -0.2) is 33.0 Å². The van der Waals surface area contributed by atoms with Crippen molar-refractivity contribution < 1.29 is 20.1 Å². The Morgan fingerprint density at radius 2 is 1.92 bits per heavy atom. The van der Waals surface area contributed by atoms with Crippen LogP contribution in [0, 0.1) is 5.92 Å². The Hall–Kier alpha value is -0.870. The zero-order valence-electron chi connectivity index (χ0n) is 16.2. The predicted molar refractivity (Wildman–Crippen MR) is 102 cm³/mol. The molecule has 1 saturated carbocycles. The molecule has 1 unspecified atom stereocenters. The number of aliphatic hydroxyl groups is 2. The summed E-state index contributed by atoms with van der Waals surface area (Å²) in [5.41, 5.74) is 0.672. The molecule has 146 valence electrons. The first-order valence-corrected chi connectivity index (χ1v) is 10.2. The van der Waals surface area contributed by atoms with Crippen molar-refractivity contribution in [1.82, 2.24) is 0 Å². The van der Waals surface area contributed by atoms with Crippen LogP contribution in [-0.2, 0) is 4.79 Å². The van der Waals surface area contributed by atoms with E-state index >= 15 is 0 Å². The van der Waals surface area contributed by atoms with Gasteiger partial charge in [0.05, 0.1) is 11.7 Å². The first kappa shape index (κ1) is 22.2. The van der Waals surface area contributed by atoms with Crippen LogP contribution in [0.25, 0.3) is 0 Å². The standard InChI is InChI=1S/C21H38O4/c1-3-4-9-15-21(2,25)16-14-17-12-13-19(22)18(17)10-7-5-6-8-11-20(23)24/h14,18-19,22,25H,3-13,15-16H2,1-2H3,(H,23,24)/t18-,19-,21?/m1/s1. The summed E-state index contributed by atoms with van der Waals surface area (Å²) in [6.07, 6.45) is 13.6. The van der Waals surface area contributed by atoms with Crippen LogP contribution in [0.15, 0.2) is 11.6 Å². The van der Waals surface area contributed by atoms with Gasteiger partial charge in [-0.1, -0.05) is 57.1 Å². The van der Waals surface area contributed by atoms with Crippen LogP contribution >= 0.6 is 0 Å². The fourth-order valence-corrected chi connectivity index (χ4v) is 3.78. The molecular weight excluding hydrogens is 316 g/mol. The van der Waals surface area contributed by atoms with Crippen molar-refractivity contribution >= 4 is 5.97 Å². The summed E-state index contributed by atoms with van der Waals surface area (Å²) in [5, 5.41) is 29.4. The number of rotatable bonds is 13. The maximum atomic E-state index is 10.5. The van der Waals surface area contributed by atoms with Crippen LogP contribution in [0.5, 0.6) is 0 Å². The zero-order valence-corrected chi connectivity index (χ0v) is 16.2. The summed E-state index contributed by atoms with van der Waals surface area (Å²) in [6, 6.07) is 0. The molecule has 1 aliphatic rings. The second-order valence-corrected chi connectivity index (χ2v) is 8.00. The van der Waals surface area contributed by atoms with E-state index in [-0.39, 0.29) is 18.4 Å². The van der Waals surface area contributed by atoms with E-state index < -0.39 is 11.6 Å². The van der Waals surface area contributed by atoms with Gasteiger partial charge in [-0.05, 0) is 45.4 Å². The highest BCUT2D eigenvalue weighted by Gasteiger charge is 2.30. The molecule has 0 aromatic heterocycles. The molecule has 0 bridgehead atoms. The average Bonchev–Trinajstić information content (AvgIpc) is 2.89. The van der Waals surface area contributed by atoms with Crippen molar-refractivity contribution in [3.63, 3.8) is 0 Å². The van der Waals surface area contributed by atoms with Gasteiger partial charge in [0, 0.05) is 12.3 Å². The summed E-state index contributed by atoms with van der Waals surface area (Å²) in [4.78, 5) is 10.5. The number of carbonyl (C=O) groups is 1. The number of unbranched alkanes of at least 4 members (excludes halogenated alkanes) is 5. The van der Waals surface area contributed by atoms with E-state index in [0.29, 0.717) is 6.42 Å². The van der Waals surface area contributed by atoms with Crippen LogP contribution in [0.4, 0.5) is 0 Å². The van der Waals surface area contributed by atoms with E-state index in [1.165, 1.54) is 5.57 Å². The lowest BCUT2D eigenvalue weighted by atomic mass is 9.89. The third kappa shape index (κ3) is 9.41. The molecule has 0 heterocycles. The third-order valence-electron chi connectivity index (χ3n) is 5.45. The molecule has 4 nitrogen and oxygen atoms in total. The van der Waals surface area contributed by atoms with E-state index in [1.807, 2.05) is 6.92 Å². The molecule has 0 amide bonds. The predicted octanol–water partition coefficient (Wildman–Crippen LogP) is 4.83. The molecule has 1 aliphatic carbocycles. The molecule has 0 radical (unpaired) electrons. The number of hydrogen-bond donors (Lipinski definition) is 3. The molecule has 0 aromatic carbocycles. The molecule has 0 saturated heterocycles. The van der Waals surface area contributed by atoms with Crippen molar-refractivity contribution in [1.29, 1.82) is 0 Å². The Morgan fingerprint density at radius 3 is 2.60 bits per heavy atom. The van der Waals surface area contributed by atoms with Crippen LogP contribution in [0.2, 0.25) is 0 Å². The number of aliphatic hydroxyl groups excluding tert-OH is 1. The largest absolute Gasteiger partial charge is 0.481 e. The highest BCUT2D eigenvalue weighted by molar-refractivity contribution is 5.66. The van der Waals surface area contributed by atoms with E-state index in [1.54, 1.807) is 0 Å². The lowest BCUT2D eigenvalue weighted by molar-refractivity contribution is -0.137. The van der Waals surface area contributed by atoms with Gasteiger partial charge in [-0.15, -0.1) is 0 Å². The van der Waals surface area contributed by atoms with E-state index in [0.717, 1.165) is 70.6 Å². The van der Waals surface area contributed by atoms with Crippen molar-refractivity contribution in [2.24, 2.45) is 5.92 Å². The van der Waals surface area contributed by atoms with Crippen LogP contribution in [0.3, 0.4) is 0 Å². The van der Waals surface area contributed by atoms with Gasteiger partial charge in [0.2, 0.25) is 0 Å². The van der Waals surface area contributed by atoms with Crippen molar-refractivity contribution in [2.45, 2.75) is 109 Å². The molecular formula is C21H38O4. The third-order valence-corrected chi connectivity index (χ3v) is 5.45. The van der Waals surface area contributed by atoms with Crippen LogP contribution in [0.1, 0.15) is 97.3 Å². The van der Waals surface area contributed by atoms with Gasteiger partial charge in [0.15, 0.2) is 0 Å². The summed E-state index contributed by atoms with van der Waals surface area (Å²) in [7, 11) is 0. The molecule has 3 N–H and O–H groups in total. The van der Waals surface area contributed by atoms with E-state index in [4.69, 9.17) is 5.11 Å². The summed E-state index contributed by atoms with van der Waals surface area (Å²) in [5.74, 6) is -0.492. The van der Waals surface area contributed by atoms with Gasteiger partial charge in [0.25, 0.3) is 0 Å². The second-order valence-electron chi connectivity index (χ2n) is 8.00. The minimum Gasteiger partial charge on any atom is -0.481 e. The number of carboxylic acid groups (broad SMARTS) is 1. The smallest absolute Gasteiger partial charge is 0.303 e. The molecule has 4 heteroatoms. The quantitative estimate of drug-likeness (QED) is 0.327. The molecule has 0 spiro atoms. The number of aliphatic carboxylic acids is 1. The average molecular weight is 355 g/mol. The highest BCUT2D eigenvalue weighted by Crippen LogP contribution is 2.36. The number of hydrogen-bond acceptors (Lipinski definition) is 3. The maximum absolute atomic E-state index is 10.5. The highest BCUT2D eigenvalue weighted by atomic mass is 16.4. The van der Waals surface area contributed by atoms with Crippen molar-refractivity contribution in [3.05, 3.63) is 11.6 Å². The Bertz CT molecular complexity index is 414. The summed E-state index contributed by atoms with van der Waals surface area (Å²) < 4.78 is 0. The van der Waals surface area contributed by atoms with E-state index in [2.05, 4.69) is 13.0 Å². The Morgan fingerprint density at radius 1 is 1.20 bits per heavy atom. The molecule has 0 aliphatic heterocycles. The Kier molecular flexibility index (Phi) is 10.4. The SMILES string of the molecule is CCCCCC(C)(O)CC=C1CC[C@@H](O)[C@@H]1CCCCCCC(=O)O. The van der Waals surface area contributed by atoms with Gasteiger partial charge in [-0.25, -0.2) is 0 Å². The van der Waals surface area contributed by atoms with Crippen molar-refractivity contribution in [2.75, 3.05) is 0 Å². The molecule has 3 atom stereocenters. The summed E-state index contributed by atoms with van der Waals surface area (Å²) >= 11 is 0. The minimum absolute atomic E-state index is 0.228. The zero-order chi connectivity index (χ0) is 18.7. The second kappa shape index (κ2) is 11.7. The summed E-state index contributed by atoms with van der Waals surface area (Å²) in [6.45, 7) is 4.09.